The molecule has 3 rings (SSSR count). The van der Waals surface area contributed by atoms with Crippen LogP contribution in [0, 0.1) is 0 Å². The van der Waals surface area contributed by atoms with Gasteiger partial charge in [0.2, 0.25) is 0 Å². The van der Waals surface area contributed by atoms with Crippen molar-refractivity contribution in [2.24, 2.45) is 0 Å². The number of benzene rings is 1. The van der Waals surface area contributed by atoms with Crippen LogP contribution >= 0.6 is 11.8 Å². The predicted octanol–water partition coefficient (Wildman–Crippen LogP) is 2.41. The van der Waals surface area contributed by atoms with Gasteiger partial charge in [0.25, 0.3) is 10.6 Å². The van der Waals surface area contributed by atoms with Crippen LogP contribution in [0.2, 0.25) is 0 Å². The van der Waals surface area contributed by atoms with E-state index in [1.165, 1.54) is 16.8 Å². The number of allylic oxidation sites excluding steroid dienone is 1. The maximum absolute atomic E-state index is 12.4. The topological polar surface area (TPSA) is 71.3 Å². The van der Waals surface area contributed by atoms with E-state index in [4.69, 9.17) is 0 Å². The summed E-state index contributed by atoms with van der Waals surface area (Å²) < 4.78 is 1.21. The summed E-state index contributed by atoms with van der Waals surface area (Å²) in [5.41, 5.74) is 2.02. The Balaban J connectivity index is 2.06. The van der Waals surface area contributed by atoms with Gasteiger partial charge in [-0.25, -0.2) is 4.79 Å². The molecular weight excluding hydrogens is 300 g/mol. The zero-order chi connectivity index (χ0) is 15.7. The van der Waals surface area contributed by atoms with Crippen molar-refractivity contribution in [1.29, 1.82) is 0 Å². The molecule has 1 aromatic carbocycles. The molecule has 0 saturated heterocycles. The molecule has 0 bridgehead atoms. The van der Waals surface area contributed by atoms with E-state index in [9.17, 15) is 14.7 Å². The highest BCUT2D eigenvalue weighted by molar-refractivity contribution is 8.03. The maximum atomic E-state index is 12.4. The Morgan fingerprint density at radius 1 is 1.23 bits per heavy atom. The third-order valence-corrected chi connectivity index (χ3v) is 4.71. The van der Waals surface area contributed by atoms with Gasteiger partial charge in [-0.15, -0.1) is 0 Å². The van der Waals surface area contributed by atoms with Crippen molar-refractivity contribution in [3.8, 4) is 11.1 Å². The van der Waals surface area contributed by atoms with E-state index < -0.39 is 11.0 Å². The minimum absolute atomic E-state index is 0.369. The van der Waals surface area contributed by atoms with E-state index in [0.717, 1.165) is 22.9 Å². The van der Waals surface area contributed by atoms with E-state index in [-0.39, 0.29) is 5.56 Å². The normalized spacial score (nSPS) is 20.3. The molecular formula is C16H14N2O3S. The summed E-state index contributed by atoms with van der Waals surface area (Å²) in [6, 6.07) is 12.7. The predicted molar refractivity (Wildman–Crippen MR) is 86.2 cm³/mol. The minimum Gasteiger partial charge on any atom is -0.477 e. The average Bonchev–Trinajstić information content (AvgIpc) is 2.91. The van der Waals surface area contributed by atoms with Crippen molar-refractivity contribution in [2.45, 2.75) is 11.9 Å². The van der Waals surface area contributed by atoms with Crippen LogP contribution in [0.4, 0.5) is 0 Å². The van der Waals surface area contributed by atoms with E-state index >= 15 is 0 Å². The maximum Gasteiger partial charge on any atom is 0.362 e. The molecule has 0 radical (unpaired) electrons. The van der Waals surface area contributed by atoms with Crippen molar-refractivity contribution >= 4 is 17.7 Å². The quantitative estimate of drug-likeness (QED) is 0.910. The number of thioether (sulfide) groups is 1. The zero-order valence-electron chi connectivity index (χ0n) is 11.8. The van der Waals surface area contributed by atoms with Gasteiger partial charge in [-0.05, 0) is 29.5 Å². The van der Waals surface area contributed by atoms with Crippen molar-refractivity contribution in [3.63, 3.8) is 0 Å². The smallest absolute Gasteiger partial charge is 0.362 e. The SMILES string of the molecule is CC1=CSC(C(=O)O)(n2ccc(-c3ccccc3)cc2=O)N1. The Hall–Kier alpha value is -2.47. The lowest BCUT2D eigenvalue weighted by Crippen LogP contribution is -2.52. The van der Waals surface area contributed by atoms with Crippen LogP contribution < -0.4 is 10.9 Å². The average molecular weight is 314 g/mol. The summed E-state index contributed by atoms with van der Waals surface area (Å²) in [4.78, 5) is 22.6. The molecule has 0 spiro atoms. The van der Waals surface area contributed by atoms with Gasteiger partial charge in [0.05, 0.1) is 0 Å². The Kier molecular flexibility index (Phi) is 3.54. The lowest BCUT2D eigenvalue weighted by atomic mass is 10.1. The molecule has 1 atom stereocenters. The van der Waals surface area contributed by atoms with Crippen LogP contribution in [0.5, 0.6) is 0 Å². The fraction of sp³-hybridized carbons (Fsp3) is 0.125. The van der Waals surface area contributed by atoms with Gasteiger partial charge in [-0.1, -0.05) is 42.1 Å². The second kappa shape index (κ2) is 5.38. The first-order chi connectivity index (χ1) is 10.5. The Morgan fingerprint density at radius 2 is 1.95 bits per heavy atom. The van der Waals surface area contributed by atoms with Gasteiger partial charge in [-0.2, -0.15) is 0 Å². The molecule has 5 nitrogen and oxygen atoms in total. The van der Waals surface area contributed by atoms with E-state index in [0.29, 0.717) is 5.70 Å². The number of carboxylic acids is 1. The number of hydrogen-bond donors (Lipinski definition) is 2. The minimum atomic E-state index is -1.52. The fourth-order valence-electron chi connectivity index (χ4n) is 2.37. The first kappa shape index (κ1) is 14.5. The summed E-state index contributed by atoms with van der Waals surface area (Å²) in [5, 5.41) is 14.1. The van der Waals surface area contributed by atoms with Crippen LogP contribution in [-0.4, -0.2) is 15.6 Å². The number of aliphatic carboxylic acids is 1. The second-order valence-corrected chi connectivity index (χ2v) is 6.04. The van der Waals surface area contributed by atoms with Gasteiger partial charge in [0.1, 0.15) is 0 Å². The molecule has 2 N–H and O–H groups in total. The molecule has 0 amide bonds. The van der Waals surface area contributed by atoms with Crippen molar-refractivity contribution < 1.29 is 9.90 Å². The largest absolute Gasteiger partial charge is 0.477 e. The molecule has 2 heterocycles. The molecule has 6 heteroatoms. The molecule has 22 heavy (non-hydrogen) atoms. The molecule has 0 saturated carbocycles. The van der Waals surface area contributed by atoms with E-state index in [1.807, 2.05) is 30.3 Å². The Bertz CT molecular complexity index is 814. The number of rotatable bonds is 3. The van der Waals surface area contributed by atoms with Crippen LogP contribution in [-0.2, 0) is 9.79 Å². The van der Waals surface area contributed by atoms with Crippen molar-refractivity contribution in [1.82, 2.24) is 9.88 Å². The fourth-order valence-corrected chi connectivity index (χ4v) is 3.36. The molecule has 112 valence electrons. The lowest BCUT2D eigenvalue weighted by molar-refractivity contribution is -0.143. The number of nitrogens with one attached hydrogen (secondary N) is 1. The molecule has 1 aliphatic rings. The van der Waals surface area contributed by atoms with Crippen LogP contribution in [0.3, 0.4) is 0 Å². The van der Waals surface area contributed by atoms with Gasteiger partial charge in [0, 0.05) is 18.0 Å². The number of hydrogen-bond acceptors (Lipinski definition) is 4. The van der Waals surface area contributed by atoms with Gasteiger partial charge in [-0.3, -0.25) is 9.36 Å². The van der Waals surface area contributed by atoms with Crippen molar-refractivity contribution in [3.05, 3.63) is 70.1 Å². The highest BCUT2D eigenvalue weighted by Crippen LogP contribution is 2.35. The number of nitrogens with zero attached hydrogens (tertiary/aromatic N) is 1. The standard InChI is InChI=1S/C16H14N2O3S/c1-11-10-22-16(17-11,15(20)21)18-8-7-13(9-14(18)19)12-5-3-2-4-6-12/h2-10,17H,1H3,(H,20,21). The monoisotopic (exact) mass is 314 g/mol. The zero-order valence-corrected chi connectivity index (χ0v) is 12.6. The van der Waals surface area contributed by atoms with Crippen LogP contribution in [0.1, 0.15) is 6.92 Å². The van der Waals surface area contributed by atoms with Crippen molar-refractivity contribution in [2.75, 3.05) is 0 Å². The summed E-state index contributed by atoms with van der Waals surface area (Å²) in [6.45, 7) is 1.76. The molecule has 0 fully saturated rings. The first-order valence-electron chi connectivity index (χ1n) is 6.68. The van der Waals surface area contributed by atoms with Crippen LogP contribution in [0.25, 0.3) is 11.1 Å². The summed E-state index contributed by atoms with van der Waals surface area (Å²) >= 11 is 1.07. The molecule has 1 unspecified atom stereocenters. The van der Waals surface area contributed by atoms with Gasteiger partial charge >= 0.3 is 5.97 Å². The van der Waals surface area contributed by atoms with Crippen LogP contribution in [0.15, 0.2) is 64.6 Å². The first-order valence-corrected chi connectivity index (χ1v) is 7.56. The highest BCUT2D eigenvalue weighted by Gasteiger charge is 2.44. The Morgan fingerprint density at radius 3 is 2.50 bits per heavy atom. The molecule has 1 aliphatic heterocycles. The highest BCUT2D eigenvalue weighted by atomic mass is 32.2. The number of carbonyl (C=O) groups is 1. The summed E-state index contributed by atoms with van der Waals surface area (Å²) in [5.74, 6) is -1.11. The second-order valence-electron chi connectivity index (χ2n) is 4.98. The third kappa shape index (κ3) is 2.31. The number of pyridine rings is 1. The summed E-state index contributed by atoms with van der Waals surface area (Å²) in [6.07, 6.45) is 1.52. The van der Waals surface area contributed by atoms with E-state index in [1.54, 1.807) is 18.4 Å². The lowest BCUT2D eigenvalue weighted by Gasteiger charge is -2.27. The molecule has 2 aromatic rings. The number of aromatic nitrogens is 1. The molecule has 1 aromatic heterocycles. The van der Waals surface area contributed by atoms with E-state index in [2.05, 4.69) is 5.32 Å². The third-order valence-electron chi connectivity index (χ3n) is 3.43. The Labute approximate surface area is 131 Å². The number of carboxylic acid groups (broad SMARTS) is 1. The summed E-state index contributed by atoms with van der Waals surface area (Å²) in [7, 11) is 0. The van der Waals surface area contributed by atoms with Gasteiger partial charge in [0.15, 0.2) is 0 Å². The van der Waals surface area contributed by atoms with Gasteiger partial charge < -0.3 is 10.4 Å². The molecule has 0 aliphatic carbocycles.